The first-order valence-electron chi connectivity index (χ1n) is 10.9. The Morgan fingerprint density at radius 3 is 1.08 bits per heavy atom. The van der Waals surface area contributed by atoms with Crippen molar-refractivity contribution >= 4 is 29.8 Å². The molecule has 14 N–H and O–H groups in total. The number of nitrogens with one attached hydrogen (secondary N) is 3. The zero-order valence-corrected chi connectivity index (χ0v) is 19.6. The third-order valence-corrected chi connectivity index (χ3v) is 4.62. The number of carbonyl (C=O) groups is 5. The Balaban J connectivity index is 0. The predicted molar refractivity (Wildman–Crippen MR) is 122 cm³/mol. The second-order valence-electron chi connectivity index (χ2n) is 7.44. The highest BCUT2D eigenvalue weighted by atomic mass is 16.4. The number of aliphatic hydroxyl groups excluding tert-OH is 2. The van der Waals surface area contributed by atoms with Gasteiger partial charge in [0.2, 0.25) is 0 Å². The molecular weight excluding hydrogens is 490 g/mol. The second kappa shape index (κ2) is 20.3. The molecule has 2 unspecified atom stereocenters. The third kappa shape index (κ3) is 17.5. The topological polar surface area (TPSA) is 315 Å². The molecule has 0 aromatic rings. The van der Waals surface area contributed by atoms with Crippen LogP contribution < -0.4 is 27.4 Å². The number of carboxylic acids is 5. The Kier molecular flexibility index (Phi) is 19.8. The summed E-state index contributed by atoms with van der Waals surface area (Å²) >= 11 is 0. The van der Waals surface area contributed by atoms with E-state index in [4.69, 9.17) is 35.7 Å². The van der Waals surface area contributed by atoms with Crippen molar-refractivity contribution in [3.05, 3.63) is 0 Å². The molecule has 0 aliphatic carbocycles. The van der Waals surface area contributed by atoms with Gasteiger partial charge in [-0.1, -0.05) is 0 Å². The fourth-order valence-electron chi connectivity index (χ4n) is 2.78. The van der Waals surface area contributed by atoms with Crippen LogP contribution in [-0.4, -0.2) is 129 Å². The van der Waals surface area contributed by atoms with Crippen LogP contribution in [-0.2, 0) is 24.0 Å². The first-order chi connectivity index (χ1) is 16.8. The van der Waals surface area contributed by atoms with Gasteiger partial charge >= 0.3 is 29.8 Å². The first kappa shape index (κ1) is 35.2. The molecule has 0 spiro atoms. The monoisotopic (exact) mass is 527 g/mol. The number of hydrogen-bond acceptors (Lipinski definition) is 12. The molecule has 0 amide bonds. The van der Waals surface area contributed by atoms with Crippen molar-refractivity contribution < 1.29 is 59.7 Å². The van der Waals surface area contributed by atoms with Crippen molar-refractivity contribution in [2.45, 2.75) is 56.0 Å². The summed E-state index contributed by atoms with van der Waals surface area (Å²) in [4.78, 5) is 49.0. The molecule has 0 bridgehead atoms. The fraction of sp³-hybridized carbons (Fsp3) is 0.737. The van der Waals surface area contributed by atoms with E-state index in [1.54, 1.807) is 0 Å². The molecule has 3 fully saturated rings. The highest BCUT2D eigenvalue weighted by Gasteiger charge is 2.31. The Labute approximate surface area is 206 Å². The number of aliphatic hydroxyl groups is 2. The largest absolute Gasteiger partial charge is 0.480 e. The summed E-state index contributed by atoms with van der Waals surface area (Å²) in [7, 11) is 0. The van der Waals surface area contributed by atoms with Crippen LogP contribution in [0.2, 0.25) is 0 Å². The molecule has 210 valence electrons. The summed E-state index contributed by atoms with van der Waals surface area (Å²) in [6.45, 7) is 1.49. The minimum Gasteiger partial charge on any atom is -0.480 e. The van der Waals surface area contributed by atoms with E-state index < -0.39 is 54.1 Å². The van der Waals surface area contributed by atoms with Gasteiger partial charge in [0.25, 0.3) is 0 Å². The Morgan fingerprint density at radius 2 is 0.972 bits per heavy atom. The zero-order valence-electron chi connectivity index (χ0n) is 19.6. The van der Waals surface area contributed by atoms with Crippen molar-refractivity contribution in [2.75, 3.05) is 32.7 Å². The van der Waals surface area contributed by atoms with Crippen molar-refractivity contribution in [3.8, 4) is 0 Å². The summed E-state index contributed by atoms with van der Waals surface area (Å²) in [5.41, 5.74) is 9.14. The van der Waals surface area contributed by atoms with Gasteiger partial charge < -0.3 is 63.2 Å². The summed E-state index contributed by atoms with van der Waals surface area (Å²) in [6.07, 6.45) is 1.45. The molecular formula is C19H37N5O12. The smallest absolute Gasteiger partial charge is 0.323 e. The average molecular weight is 528 g/mol. The first-order valence-corrected chi connectivity index (χ1v) is 10.9. The maximum atomic E-state index is 10.2. The maximum Gasteiger partial charge on any atom is 0.323 e. The van der Waals surface area contributed by atoms with E-state index in [1.807, 2.05) is 0 Å². The molecule has 0 aromatic heterocycles. The Bertz CT molecular complexity index is 646. The van der Waals surface area contributed by atoms with Crippen molar-refractivity contribution in [1.82, 2.24) is 16.0 Å². The van der Waals surface area contributed by atoms with E-state index in [1.165, 1.54) is 0 Å². The van der Waals surface area contributed by atoms with E-state index in [0.717, 1.165) is 19.4 Å². The SMILES string of the molecule is NCC(=O)O.NCC(=O)O.O=C(O)[C@@H]1CCCN1.O=C(O)[C@H]1NCCC1O.O=C(O)[C@H]1NCCC1O. The lowest BCUT2D eigenvalue weighted by molar-refractivity contribution is -0.142. The van der Waals surface area contributed by atoms with E-state index in [2.05, 4.69) is 27.4 Å². The van der Waals surface area contributed by atoms with E-state index >= 15 is 0 Å². The van der Waals surface area contributed by atoms with Crippen LogP contribution in [0.5, 0.6) is 0 Å². The fourth-order valence-corrected chi connectivity index (χ4v) is 2.78. The van der Waals surface area contributed by atoms with Crippen LogP contribution in [0.4, 0.5) is 0 Å². The van der Waals surface area contributed by atoms with Gasteiger partial charge in [-0.15, -0.1) is 0 Å². The second-order valence-corrected chi connectivity index (χ2v) is 7.44. The van der Waals surface area contributed by atoms with E-state index in [-0.39, 0.29) is 19.1 Å². The number of hydrogen-bond donors (Lipinski definition) is 12. The lowest BCUT2D eigenvalue weighted by Crippen LogP contribution is -2.38. The lowest BCUT2D eigenvalue weighted by Gasteiger charge is -2.06. The van der Waals surface area contributed by atoms with Gasteiger partial charge in [0, 0.05) is 0 Å². The minimum absolute atomic E-state index is 0.269. The molecule has 3 heterocycles. The van der Waals surface area contributed by atoms with Gasteiger partial charge in [-0.2, -0.15) is 0 Å². The highest BCUT2D eigenvalue weighted by Crippen LogP contribution is 2.06. The number of nitrogens with two attached hydrogens (primary N) is 2. The predicted octanol–water partition coefficient (Wildman–Crippen LogP) is -4.53. The summed E-state index contributed by atoms with van der Waals surface area (Å²) < 4.78 is 0. The van der Waals surface area contributed by atoms with Gasteiger partial charge in [0.1, 0.15) is 18.1 Å². The van der Waals surface area contributed by atoms with Crippen molar-refractivity contribution in [1.29, 1.82) is 0 Å². The normalized spacial score (nSPS) is 25.7. The lowest BCUT2D eigenvalue weighted by atomic mass is 10.2. The molecule has 3 saturated heterocycles. The average Bonchev–Trinajstić information content (AvgIpc) is 3.57. The standard InChI is InChI=1S/2C5H9NO3.C5H9NO2.2C2H5NO2/c2*7-3-1-2-6-4(3)5(8)9;7-5(8)4-2-1-3-6-4;2*3-1-2(4)5/h2*3-4,6-7H,1-2H2,(H,8,9);4,6H,1-3H2,(H,7,8);2*1,3H2,(H,4,5)/t2*3?,4-;4-;;/m000../s1. The molecule has 0 aromatic carbocycles. The molecule has 17 heteroatoms. The zero-order chi connectivity index (χ0) is 28.3. The molecule has 3 aliphatic rings. The van der Waals surface area contributed by atoms with Gasteiger partial charge in [-0.3, -0.25) is 24.0 Å². The molecule has 5 atom stereocenters. The van der Waals surface area contributed by atoms with Crippen molar-refractivity contribution in [2.24, 2.45) is 11.5 Å². The van der Waals surface area contributed by atoms with Gasteiger partial charge in [-0.25, -0.2) is 0 Å². The Morgan fingerprint density at radius 1 is 0.611 bits per heavy atom. The molecule has 17 nitrogen and oxygen atoms in total. The van der Waals surface area contributed by atoms with Gasteiger partial charge in [-0.05, 0) is 45.3 Å². The summed E-state index contributed by atoms with van der Waals surface area (Å²) in [6, 6.07) is -1.76. The van der Waals surface area contributed by atoms with E-state index in [9.17, 15) is 24.0 Å². The molecule has 0 saturated carbocycles. The Hall–Kier alpha value is -2.93. The van der Waals surface area contributed by atoms with E-state index in [0.29, 0.717) is 25.9 Å². The molecule has 3 aliphatic heterocycles. The highest BCUT2D eigenvalue weighted by molar-refractivity contribution is 5.75. The number of aliphatic carboxylic acids is 5. The molecule has 0 radical (unpaired) electrons. The summed E-state index contributed by atoms with van der Waals surface area (Å²) in [5, 5.41) is 66.3. The number of rotatable bonds is 5. The van der Waals surface area contributed by atoms with Crippen LogP contribution in [0.1, 0.15) is 25.7 Å². The third-order valence-electron chi connectivity index (χ3n) is 4.62. The maximum absolute atomic E-state index is 10.2. The van der Waals surface area contributed by atoms with Crippen LogP contribution >= 0.6 is 0 Å². The van der Waals surface area contributed by atoms with Crippen molar-refractivity contribution in [3.63, 3.8) is 0 Å². The molecule has 3 rings (SSSR count). The minimum atomic E-state index is -0.972. The number of carboxylic acid groups (broad SMARTS) is 5. The quantitative estimate of drug-likeness (QED) is 0.160. The van der Waals surface area contributed by atoms with Gasteiger partial charge in [0.15, 0.2) is 0 Å². The van der Waals surface area contributed by atoms with Gasteiger partial charge in [0.05, 0.1) is 25.3 Å². The van der Waals surface area contributed by atoms with Crippen LogP contribution in [0.3, 0.4) is 0 Å². The summed E-state index contributed by atoms with van der Waals surface area (Å²) in [5.74, 6) is -4.60. The van der Waals surface area contributed by atoms with Crippen LogP contribution in [0, 0.1) is 0 Å². The van der Waals surface area contributed by atoms with Crippen LogP contribution in [0.15, 0.2) is 0 Å². The van der Waals surface area contributed by atoms with Crippen LogP contribution in [0.25, 0.3) is 0 Å². The molecule has 36 heavy (non-hydrogen) atoms.